The number of hydrogen-bond donors (Lipinski definition) is 0. The molecule has 0 amide bonds. The molecule has 3 heteroatoms. The van der Waals surface area contributed by atoms with E-state index in [1.165, 1.54) is 0 Å². The third-order valence-corrected chi connectivity index (χ3v) is 3.08. The highest BCUT2D eigenvalue weighted by molar-refractivity contribution is 6.35. The lowest BCUT2D eigenvalue weighted by Gasteiger charge is -2.21. The van der Waals surface area contributed by atoms with Crippen LogP contribution in [0.4, 0.5) is 0 Å². The van der Waals surface area contributed by atoms with E-state index in [9.17, 15) is 0 Å². The number of methoxy groups -OCH3 is 1. The topological polar surface area (TPSA) is 9.23 Å². The molecule has 0 aliphatic carbocycles. The van der Waals surface area contributed by atoms with Gasteiger partial charge in [-0.25, -0.2) is 0 Å². The molecule has 1 aromatic rings. The van der Waals surface area contributed by atoms with E-state index in [1.54, 1.807) is 13.2 Å². The van der Waals surface area contributed by atoms with Crippen molar-refractivity contribution in [2.24, 2.45) is 5.92 Å². The van der Waals surface area contributed by atoms with Crippen molar-refractivity contribution >= 4 is 23.2 Å². The molecular weight excluding hydrogens is 231 g/mol. The number of halogens is 2. The Morgan fingerprint density at radius 3 is 2.40 bits per heavy atom. The van der Waals surface area contributed by atoms with Gasteiger partial charge in [-0.2, -0.15) is 0 Å². The lowest BCUT2D eigenvalue weighted by atomic mass is 9.89. The molecule has 1 aromatic carbocycles. The van der Waals surface area contributed by atoms with Crippen LogP contribution in [0.1, 0.15) is 25.3 Å². The van der Waals surface area contributed by atoms with Crippen LogP contribution in [0.25, 0.3) is 0 Å². The van der Waals surface area contributed by atoms with Crippen molar-refractivity contribution in [2.75, 3.05) is 13.7 Å². The zero-order valence-corrected chi connectivity index (χ0v) is 10.8. The molecular formula is C12H16Cl2O. The molecule has 1 atom stereocenters. The molecule has 0 fully saturated rings. The van der Waals surface area contributed by atoms with Crippen LogP contribution in [0, 0.1) is 5.92 Å². The molecule has 0 saturated carbocycles. The molecule has 1 rings (SSSR count). The average Bonchev–Trinajstić information content (AvgIpc) is 2.15. The van der Waals surface area contributed by atoms with Crippen molar-refractivity contribution in [1.82, 2.24) is 0 Å². The molecule has 0 radical (unpaired) electrons. The van der Waals surface area contributed by atoms with Gasteiger partial charge in [-0.15, -0.1) is 0 Å². The lowest BCUT2D eigenvalue weighted by molar-refractivity contribution is 0.162. The summed E-state index contributed by atoms with van der Waals surface area (Å²) in [5.41, 5.74) is 1.11. The Bertz CT molecular complexity index is 323. The second kappa shape index (κ2) is 5.74. The van der Waals surface area contributed by atoms with Gasteiger partial charge >= 0.3 is 0 Å². The Labute approximate surface area is 101 Å². The minimum Gasteiger partial charge on any atom is -0.384 e. The average molecular weight is 247 g/mol. The van der Waals surface area contributed by atoms with Crippen molar-refractivity contribution in [3.05, 3.63) is 33.8 Å². The number of ether oxygens (including phenoxy) is 1. The van der Waals surface area contributed by atoms with Gasteiger partial charge in [-0.1, -0.05) is 43.1 Å². The maximum Gasteiger partial charge on any atom is 0.0533 e. The smallest absolute Gasteiger partial charge is 0.0533 e. The van der Waals surface area contributed by atoms with Crippen LogP contribution in [0.5, 0.6) is 0 Å². The van der Waals surface area contributed by atoms with Gasteiger partial charge in [0.15, 0.2) is 0 Å². The van der Waals surface area contributed by atoms with Crippen LogP contribution >= 0.6 is 23.2 Å². The lowest BCUT2D eigenvalue weighted by Crippen LogP contribution is -2.13. The summed E-state index contributed by atoms with van der Waals surface area (Å²) < 4.78 is 5.21. The van der Waals surface area contributed by atoms with Crippen molar-refractivity contribution in [2.45, 2.75) is 19.8 Å². The summed E-state index contributed by atoms with van der Waals surface area (Å²) >= 11 is 12.0. The zero-order chi connectivity index (χ0) is 11.4. The standard InChI is InChI=1S/C12H16Cl2O/c1-8(2)11(7-15-3)10-5-4-9(13)6-12(10)14/h4-6,8,11H,7H2,1-3H3/t11-/m0/s1. The number of rotatable bonds is 4. The van der Waals surface area contributed by atoms with Crippen molar-refractivity contribution in [3.63, 3.8) is 0 Å². The molecule has 1 nitrogen and oxygen atoms in total. The molecule has 0 bridgehead atoms. The van der Waals surface area contributed by atoms with Crippen LogP contribution in [-0.2, 0) is 4.74 Å². The quantitative estimate of drug-likeness (QED) is 0.767. The van der Waals surface area contributed by atoms with E-state index >= 15 is 0 Å². The Kier molecular flexibility index (Phi) is 4.91. The summed E-state index contributed by atoms with van der Waals surface area (Å²) in [7, 11) is 1.71. The molecule has 15 heavy (non-hydrogen) atoms. The summed E-state index contributed by atoms with van der Waals surface area (Å²) in [6, 6.07) is 5.63. The number of benzene rings is 1. The van der Waals surface area contributed by atoms with Gasteiger partial charge in [0, 0.05) is 23.1 Å². The van der Waals surface area contributed by atoms with E-state index in [-0.39, 0.29) is 0 Å². The highest BCUT2D eigenvalue weighted by atomic mass is 35.5. The fourth-order valence-corrected chi connectivity index (χ4v) is 2.17. The van der Waals surface area contributed by atoms with E-state index in [1.807, 2.05) is 12.1 Å². The van der Waals surface area contributed by atoms with E-state index in [4.69, 9.17) is 27.9 Å². The third kappa shape index (κ3) is 3.37. The van der Waals surface area contributed by atoms with Gasteiger partial charge < -0.3 is 4.74 Å². The Morgan fingerprint density at radius 2 is 1.93 bits per heavy atom. The van der Waals surface area contributed by atoms with E-state index in [2.05, 4.69) is 13.8 Å². The van der Waals surface area contributed by atoms with Crippen LogP contribution in [0.2, 0.25) is 10.0 Å². The highest BCUT2D eigenvalue weighted by Crippen LogP contribution is 2.32. The minimum atomic E-state index is 0.319. The first-order chi connectivity index (χ1) is 7.06. The second-order valence-corrected chi connectivity index (χ2v) is 4.82. The molecule has 0 aromatic heterocycles. The van der Waals surface area contributed by atoms with E-state index in [0.717, 1.165) is 10.6 Å². The van der Waals surface area contributed by atoms with Crippen molar-refractivity contribution in [3.8, 4) is 0 Å². The van der Waals surface area contributed by atoms with E-state index in [0.29, 0.717) is 23.5 Å². The first-order valence-electron chi connectivity index (χ1n) is 5.00. The zero-order valence-electron chi connectivity index (χ0n) is 9.26. The summed E-state index contributed by atoms with van der Waals surface area (Å²) in [4.78, 5) is 0. The molecule has 0 aliphatic rings. The predicted molar refractivity (Wildman–Crippen MR) is 65.9 cm³/mol. The summed E-state index contributed by atoms with van der Waals surface area (Å²) in [6.45, 7) is 5.00. The third-order valence-electron chi connectivity index (χ3n) is 2.51. The first kappa shape index (κ1) is 12.8. The van der Waals surface area contributed by atoms with Crippen LogP contribution < -0.4 is 0 Å². The maximum absolute atomic E-state index is 6.16. The molecule has 0 aliphatic heterocycles. The highest BCUT2D eigenvalue weighted by Gasteiger charge is 2.18. The van der Waals surface area contributed by atoms with Gasteiger partial charge in [-0.3, -0.25) is 0 Å². The Morgan fingerprint density at radius 1 is 1.27 bits per heavy atom. The summed E-state index contributed by atoms with van der Waals surface area (Å²) in [5, 5.41) is 1.39. The molecule has 0 spiro atoms. The monoisotopic (exact) mass is 246 g/mol. The predicted octanol–water partition coefficient (Wildman–Crippen LogP) is 4.38. The largest absolute Gasteiger partial charge is 0.384 e. The Hall–Kier alpha value is -0.240. The van der Waals surface area contributed by atoms with Crippen molar-refractivity contribution < 1.29 is 4.74 Å². The van der Waals surface area contributed by atoms with Crippen molar-refractivity contribution in [1.29, 1.82) is 0 Å². The van der Waals surface area contributed by atoms with Gasteiger partial charge in [-0.05, 0) is 23.6 Å². The molecule has 0 N–H and O–H groups in total. The summed E-state index contributed by atoms with van der Waals surface area (Å²) in [6.07, 6.45) is 0. The fraction of sp³-hybridized carbons (Fsp3) is 0.500. The molecule has 0 unspecified atom stereocenters. The van der Waals surface area contributed by atoms with Gasteiger partial charge in [0.1, 0.15) is 0 Å². The molecule has 84 valence electrons. The van der Waals surface area contributed by atoms with Gasteiger partial charge in [0.05, 0.1) is 6.61 Å². The molecule has 0 saturated heterocycles. The Balaban J connectivity index is 3.00. The second-order valence-electron chi connectivity index (χ2n) is 3.97. The molecule has 0 heterocycles. The van der Waals surface area contributed by atoms with Gasteiger partial charge in [0.2, 0.25) is 0 Å². The van der Waals surface area contributed by atoms with E-state index < -0.39 is 0 Å². The van der Waals surface area contributed by atoms with Crippen LogP contribution in [-0.4, -0.2) is 13.7 Å². The van der Waals surface area contributed by atoms with Gasteiger partial charge in [0.25, 0.3) is 0 Å². The normalized spacial score (nSPS) is 13.2. The number of hydrogen-bond acceptors (Lipinski definition) is 1. The minimum absolute atomic E-state index is 0.319. The van der Waals surface area contributed by atoms with Crippen LogP contribution in [0.15, 0.2) is 18.2 Å². The maximum atomic E-state index is 6.16. The summed E-state index contributed by atoms with van der Waals surface area (Å²) in [5.74, 6) is 0.809. The fourth-order valence-electron chi connectivity index (χ4n) is 1.62. The SMILES string of the molecule is COC[C@H](c1ccc(Cl)cc1Cl)C(C)C. The van der Waals surface area contributed by atoms with Crippen LogP contribution in [0.3, 0.4) is 0 Å². The first-order valence-corrected chi connectivity index (χ1v) is 5.75.